The number of rotatable bonds is 6. The van der Waals surface area contributed by atoms with E-state index in [4.69, 9.17) is 0 Å². The highest BCUT2D eigenvalue weighted by molar-refractivity contribution is 7.89. The molecule has 0 bridgehead atoms. The minimum Gasteiger partial charge on any atom is -0.210 e. The minimum atomic E-state index is -3.48. The van der Waals surface area contributed by atoms with Gasteiger partial charge in [-0.25, -0.2) is 13.1 Å². The zero-order valence-electron chi connectivity index (χ0n) is 11.2. The van der Waals surface area contributed by atoms with Gasteiger partial charge in [0.05, 0.1) is 16.3 Å². The first kappa shape index (κ1) is 15.7. The lowest BCUT2D eigenvalue weighted by Gasteiger charge is -2.05. The van der Waals surface area contributed by atoms with Crippen LogP contribution < -0.4 is 4.72 Å². The van der Waals surface area contributed by atoms with Crippen molar-refractivity contribution in [2.75, 3.05) is 12.3 Å². The highest BCUT2D eigenvalue weighted by Crippen LogP contribution is 2.19. The Morgan fingerprint density at radius 3 is 2.05 bits per heavy atom. The summed E-state index contributed by atoms with van der Waals surface area (Å²) < 4.78 is 26.2. The second kappa shape index (κ2) is 7.35. The van der Waals surface area contributed by atoms with Crippen LogP contribution in [0, 0.1) is 0 Å². The Hall–Kier alpha value is -1.70. The molecule has 0 amide bonds. The van der Waals surface area contributed by atoms with E-state index in [0.717, 1.165) is 5.69 Å². The summed E-state index contributed by atoms with van der Waals surface area (Å²) in [7, 11) is -3.48. The Balaban J connectivity index is 2.11. The number of hydrogen-bond acceptors (Lipinski definition) is 5. The van der Waals surface area contributed by atoms with Gasteiger partial charge in [-0.3, -0.25) is 0 Å². The van der Waals surface area contributed by atoms with Gasteiger partial charge in [0.25, 0.3) is 0 Å². The van der Waals surface area contributed by atoms with Gasteiger partial charge >= 0.3 is 0 Å². The van der Waals surface area contributed by atoms with Crippen molar-refractivity contribution in [2.24, 2.45) is 10.2 Å². The molecular formula is C14H15N3O2S2. The molecule has 0 saturated carbocycles. The van der Waals surface area contributed by atoms with E-state index in [2.05, 4.69) is 27.6 Å². The van der Waals surface area contributed by atoms with Crippen LogP contribution >= 0.6 is 12.6 Å². The average molecular weight is 321 g/mol. The Labute approximate surface area is 129 Å². The fraction of sp³-hybridized carbons (Fsp3) is 0.143. The van der Waals surface area contributed by atoms with Crippen molar-refractivity contribution in [1.29, 1.82) is 0 Å². The minimum absolute atomic E-state index is 0.197. The molecule has 0 aromatic heterocycles. The summed E-state index contributed by atoms with van der Waals surface area (Å²) in [6, 6.07) is 15.5. The fourth-order valence-electron chi connectivity index (χ4n) is 1.57. The summed E-state index contributed by atoms with van der Waals surface area (Å²) in [6.07, 6.45) is 0. The molecule has 0 unspecified atom stereocenters. The summed E-state index contributed by atoms with van der Waals surface area (Å²) in [5.41, 5.74) is 1.33. The van der Waals surface area contributed by atoms with E-state index < -0.39 is 10.0 Å². The molecule has 5 nitrogen and oxygen atoms in total. The second-order valence-corrected chi connectivity index (χ2v) is 6.36. The number of nitrogens with one attached hydrogen (secondary N) is 1. The van der Waals surface area contributed by atoms with E-state index in [-0.39, 0.29) is 4.90 Å². The first-order valence-corrected chi connectivity index (χ1v) is 8.41. The largest absolute Gasteiger partial charge is 0.240 e. The van der Waals surface area contributed by atoms with Crippen LogP contribution in [0.1, 0.15) is 0 Å². The average Bonchev–Trinajstić information content (AvgIpc) is 2.52. The number of benzene rings is 2. The lowest BCUT2D eigenvalue weighted by Crippen LogP contribution is -2.25. The van der Waals surface area contributed by atoms with Gasteiger partial charge in [0.2, 0.25) is 10.0 Å². The van der Waals surface area contributed by atoms with Crippen molar-refractivity contribution >= 4 is 34.0 Å². The van der Waals surface area contributed by atoms with Crippen LogP contribution in [0.25, 0.3) is 0 Å². The lowest BCUT2D eigenvalue weighted by molar-refractivity contribution is 0.584. The van der Waals surface area contributed by atoms with Crippen LogP contribution in [0.4, 0.5) is 11.4 Å². The molecule has 21 heavy (non-hydrogen) atoms. The summed E-state index contributed by atoms with van der Waals surface area (Å²) in [4.78, 5) is 0.197. The highest BCUT2D eigenvalue weighted by Gasteiger charge is 2.12. The second-order valence-electron chi connectivity index (χ2n) is 4.15. The summed E-state index contributed by atoms with van der Waals surface area (Å²) in [5.74, 6) is 0.447. The molecule has 0 aliphatic heterocycles. The molecule has 2 aromatic carbocycles. The molecule has 2 rings (SSSR count). The van der Waals surface area contributed by atoms with Gasteiger partial charge in [0, 0.05) is 12.3 Å². The predicted octanol–water partition coefficient (Wildman–Crippen LogP) is 3.31. The Morgan fingerprint density at radius 2 is 1.48 bits per heavy atom. The summed E-state index contributed by atoms with van der Waals surface area (Å²) >= 11 is 3.97. The van der Waals surface area contributed by atoms with Crippen LogP contribution in [-0.4, -0.2) is 20.7 Å². The molecule has 0 atom stereocenters. The molecule has 0 heterocycles. The predicted molar refractivity (Wildman–Crippen MR) is 86.1 cm³/mol. The van der Waals surface area contributed by atoms with Gasteiger partial charge in [0.15, 0.2) is 0 Å². The van der Waals surface area contributed by atoms with E-state index >= 15 is 0 Å². The number of nitrogens with zero attached hydrogens (tertiary/aromatic N) is 2. The maximum Gasteiger partial charge on any atom is 0.240 e. The first-order chi connectivity index (χ1) is 10.1. The topological polar surface area (TPSA) is 70.9 Å². The summed E-state index contributed by atoms with van der Waals surface area (Å²) in [5, 5.41) is 8.13. The van der Waals surface area contributed by atoms with Crippen molar-refractivity contribution in [3.8, 4) is 0 Å². The molecule has 2 aromatic rings. The van der Waals surface area contributed by atoms with Crippen LogP contribution in [0.15, 0.2) is 69.7 Å². The molecule has 0 fully saturated rings. The maximum absolute atomic E-state index is 11.9. The van der Waals surface area contributed by atoms with E-state index in [1.807, 2.05) is 30.3 Å². The lowest BCUT2D eigenvalue weighted by atomic mass is 10.3. The highest BCUT2D eigenvalue weighted by atomic mass is 32.2. The monoisotopic (exact) mass is 321 g/mol. The molecule has 1 N–H and O–H groups in total. The molecule has 0 aliphatic carbocycles. The van der Waals surface area contributed by atoms with Crippen molar-refractivity contribution < 1.29 is 8.42 Å². The third kappa shape index (κ3) is 4.66. The van der Waals surface area contributed by atoms with Gasteiger partial charge in [-0.15, -0.1) is 0 Å². The number of sulfonamides is 1. The summed E-state index contributed by atoms with van der Waals surface area (Å²) in [6.45, 7) is 0.293. The van der Waals surface area contributed by atoms with Gasteiger partial charge in [0.1, 0.15) is 0 Å². The Bertz CT molecular complexity index is 699. The van der Waals surface area contributed by atoms with E-state index in [1.54, 1.807) is 12.1 Å². The van der Waals surface area contributed by atoms with Crippen molar-refractivity contribution in [3.05, 3.63) is 54.6 Å². The molecule has 0 aliphatic rings. The standard InChI is InChI=1S/C14H15N3O2S2/c18-21(19,15-10-11-20)14-8-6-13(7-9-14)17-16-12-4-2-1-3-5-12/h1-9,15,20H,10-11H2. The van der Waals surface area contributed by atoms with Crippen molar-refractivity contribution in [1.82, 2.24) is 4.72 Å². The number of thiol groups is 1. The molecule has 7 heteroatoms. The zero-order valence-corrected chi connectivity index (χ0v) is 12.9. The Morgan fingerprint density at radius 1 is 0.905 bits per heavy atom. The SMILES string of the molecule is O=S(=O)(NCCS)c1ccc(N=Nc2ccccc2)cc1. The quantitative estimate of drug-likeness (QED) is 0.633. The van der Waals surface area contributed by atoms with Gasteiger partial charge in [-0.1, -0.05) is 18.2 Å². The molecule has 0 saturated heterocycles. The van der Waals surface area contributed by atoms with Crippen LogP contribution in [0.2, 0.25) is 0 Å². The van der Waals surface area contributed by atoms with Gasteiger partial charge in [-0.05, 0) is 36.4 Å². The van der Waals surface area contributed by atoms with Gasteiger partial charge in [-0.2, -0.15) is 22.9 Å². The normalized spacial score (nSPS) is 11.9. The number of azo groups is 1. The fourth-order valence-corrected chi connectivity index (χ4v) is 2.86. The third-order valence-corrected chi connectivity index (χ3v) is 4.29. The van der Waals surface area contributed by atoms with Crippen LogP contribution in [-0.2, 0) is 10.0 Å². The first-order valence-electron chi connectivity index (χ1n) is 6.29. The Kier molecular flexibility index (Phi) is 5.49. The van der Waals surface area contributed by atoms with Crippen molar-refractivity contribution in [2.45, 2.75) is 4.90 Å². The zero-order chi connectivity index (χ0) is 15.1. The maximum atomic E-state index is 11.9. The van der Waals surface area contributed by atoms with E-state index in [0.29, 0.717) is 18.0 Å². The van der Waals surface area contributed by atoms with Crippen LogP contribution in [0.5, 0.6) is 0 Å². The smallest absolute Gasteiger partial charge is 0.210 e. The van der Waals surface area contributed by atoms with Crippen LogP contribution in [0.3, 0.4) is 0 Å². The molecule has 110 valence electrons. The molecular weight excluding hydrogens is 306 g/mol. The van der Waals surface area contributed by atoms with Gasteiger partial charge < -0.3 is 0 Å². The number of hydrogen-bond donors (Lipinski definition) is 2. The third-order valence-electron chi connectivity index (χ3n) is 2.59. The van der Waals surface area contributed by atoms with E-state index in [1.165, 1.54) is 12.1 Å². The van der Waals surface area contributed by atoms with Crippen molar-refractivity contribution in [3.63, 3.8) is 0 Å². The molecule has 0 radical (unpaired) electrons. The van der Waals surface area contributed by atoms with E-state index in [9.17, 15) is 8.42 Å². The molecule has 0 spiro atoms.